The minimum atomic E-state index is -5.13. The Morgan fingerprint density at radius 2 is 0.911 bits per heavy atom. The van der Waals surface area contributed by atoms with Gasteiger partial charge in [-0.1, -0.05) is 24.3 Å². The second-order valence-electron chi connectivity index (χ2n) is 11.2. The molecule has 6 aromatic rings. The van der Waals surface area contributed by atoms with Gasteiger partial charge in [0, 0.05) is 71.2 Å². The smallest absolute Gasteiger partial charge is 0.296 e. The number of benzene rings is 6. The number of nitrogens with zero attached hydrogens (tertiary/aromatic N) is 7. The second-order valence-corrected chi connectivity index (χ2v) is 14.0. The Morgan fingerprint density at radius 1 is 0.554 bits per heavy atom. The summed E-state index contributed by atoms with van der Waals surface area (Å²) in [6.45, 7) is 0. The molecule has 22 heteroatoms. The largest absolute Gasteiger partial charge is 0.508 e. The summed E-state index contributed by atoms with van der Waals surface area (Å²) in [5.74, 6) is -0.821. The predicted molar refractivity (Wildman–Crippen MR) is 207 cm³/mol. The fourth-order valence-corrected chi connectivity index (χ4v) is 6.37. The van der Waals surface area contributed by atoms with Gasteiger partial charge in [-0.2, -0.15) is 37.3 Å². The van der Waals surface area contributed by atoms with Gasteiger partial charge in [-0.25, -0.2) is 0 Å². The summed E-state index contributed by atoms with van der Waals surface area (Å²) in [6.07, 6.45) is 0. The van der Waals surface area contributed by atoms with Crippen molar-refractivity contribution in [1.29, 1.82) is 0 Å². The molecule has 0 saturated carbocycles. The number of non-ortho nitro benzene ring substituents is 1. The van der Waals surface area contributed by atoms with Crippen molar-refractivity contribution in [3.63, 3.8) is 0 Å². The number of anilines is 1. The molecule has 0 atom stereocenters. The van der Waals surface area contributed by atoms with Gasteiger partial charge in [0.15, 0.2) is 5.75 Å². The Kier molecular flexibility index (Phi) is 13.9. The second kappa shape index (κ2) is 17.9. The van der Waals surface area contributed by atoms with Crippen LogP contribution < -0.4 is 5.73 Å². The van der Waals surface area contributed by atoms with E-state index in [1.165, 1.54) is 24.3 Å². The number of phenolic OH excluding ortho intramolecular Hbond substituents is 2. The van der Waals surface area contributed by atoms with Gasteiger partial charge >= 0.3 is 0 Å². The van der Waals surface area contributed by atoms with Crippen molar-refractivity contribution in [3.8, 4) is 22.6 Å². The number of hydrogen-bond acceptors (Lipinski definition) is 15. The molecular formula is C34H24N8Na2O10S2. The van der Waals surface area contributed by atoms with Gasteiger partial charge in [-0.3, -0.25) is 19.2 Å². The van der Waals surface area contributed by atoms with E-state index >= 15 is 0 Å². The van der Waals surface area contributed by atoms with Crippen LogP contribution in [-0.4, -0.2) is 100 Å². The van der Waals surface area contributed by atoms with E-state index in [4.69, 9.17) is 5.73 Å². The van der Waals surface area contributed by atoms with Crippen molar-refractivity contribution >= 4 is 136 Å². The summed E-state index contributed by atoms with van der Waals surface area (Å²) in [4.78, 5) is 8.42. The van der Waals surface area contributed by atoms with E-state index in [0.29, 0.717) is 11.4 Å². The van der Waals surface area contributed by atoms with Crippen molar-refractivity contribution in [1.82, 2.24) is 0 Å². The third-order valence-corrected chi connectivity index (χ3v) is 9.39. The SMILES string of the molecule is Nc1c(N=Nc2ccc([N+](=O)[O-])cc2)c(S(=O)(=O)O)cc2cc(S(=O)(=O)O)c(N=Nc3ccc(-c4ccc(N=Nc5ccc(O)cc5)cc4)cc3)c(O)c12.[Na].[Na]. The Bertz CT molecular complexity index is 2750. The molecule has 6 N–H and O–H groups in total. The summed E-state index contributed by atoms with van der Waals surface area (Å²) >= 11 is 0. The van der Waals surface area contributed by atoms with Gasteiger partial charge in [0.1, 0.15) is 26.9 Å². The van der Waals surface area contributed by atoms with Crippen molar-refractivity contribution < 1.29 is 41.1 Å². The fourth-order valence-electron chi connectivity index (χ4n) is 5.04. The fraction of sp³-hybridized carbons (Fsp3) is 0. The number of nitro groups is 1. The first-order chi connectivity index (χ1) is 25.6. The standard InChI is InChI=1S/C34H24N8O10S2.2Na/c35-31-30-21(17-28(53(47,48)49)32(31)40-38-24-9-13-26(14-10-24)42(45)46)18-29(54(50,51)52)33(34(30)44)41-39-23-7-3-20(4-8-23)19-1-5-22(6-2-19)36-37-25-11-15-27(43)16-12-25;;/h1-18,43-44H,35H2,(H,47,48,49)(H,50,51,52);;. The number of fused-ring (bicyclic) bond motifs is 1. The summed E-state index contributed by atoms with van der Waals surface area (Å²) in [7, 11) is -10.2. The number of azo groups is 3. The van der Waals surface area contributed by atoms with Gasteiger partial charge in [-0.05, 0) is 89.3 Å². The molecule has 56 heavy (non-hydrogen) atoms. The van der Waals surface area contributed by atoms with E-state index in [9.17, 15) is 46.3 Å². The Morgan fingerprint density at radius 3 is 1.32 bits per heavy atom. The maximum absolute atomic E-state index is 12.4. The molecule has 6 rings (SSSR count). The maximum Gasteiger partial charge on any atom is 0.296 e. The molecule has 0 amide bonds. The summed E-state index contributed by atoms with van der Waals surface area (Å²) < 4.78 is 69.5. The average Bonchev–Trinajstić information content (AvgIpc) is 3.13. The molecule has 2 radical (unpaired) electrons. The van der Waals surface area contributed by atoms with Crippen molar-refractivity contribution in [3.05, 3.63) is 119 Å². The van der Waals surface area contributed by atoms with Crippen LogP contribution in [0.2, 0.25) is 0 Å². The maximum atomic E-state index is 12.4. The van der Waals surface area contributed by atoms with Crippen molar-refractivity contribution in [2.75, 3.05) is 5.73 Å². The summed E-state index contributed by atoms with van der Waals surface area (Å²) in [5.41, 5.74) is 6.91. The topological polar surface area (TPSA) is 293 Å². The molecule has 0 spiro atoms. The number of nitrogens with two attached hydrogens (primary N) is 1. The molecule has 0 aliphatic carbocycles. The van der Waals surface area contributed by atoms with Gasteiger partial charge in [0.2, 0.25) is 0 Å². The summed E-state index contributed by atoms with van der Waals surface area (Å²) in [6, 6.07) is 26.0. The van der Waals surface area contributed by atoms with Crippen LogP contribution in [0.15, 0.2) is 150 Å². The van der Waals surface area contributed by atoms with Crippen LogP contribution in [-0.2, 0) is 20.2 Å². The van der Waals surface area contributed by atoms with Crippen LogP contribution in [0.25, 0.3) is 21.9 Å². The normalized spacial score (nSPS) is 11.9. The molecule has 0 aromatic heterocycles. The molecule has 0 fully saturated rings. The van der Waals surface area contributed by atoms with Crippen molar-refractivity contribution in [2.24, 2.45) is 30.7 Å². The van der Waals surface area contributed by atoms with Gasteiger partial charge in [-0.15, -0.1) is 10.2 Å². The number of phenols is 2. The first-order valence-electron chi connectivity index (χ1n) is 15.1. The average molecular weight is 815 g/mol. The molecule has 0 aliphatic heterocycles. The number of aromatic hydroxyl groups is 2. The van der Waals surface area contributed by atoms with E-state index in [1.807, 2.05) is 12.1 Å². The molecular weight excluding hydrogens is 791 g/mol. The molecule has 0 unspecified atom stereocenters. The first-order valence-corrected chi connectivity index (χ1v) is 18.0. The van der Waals surface area contributed by atoms with Crippen molar-refractivity contribution in [2.45, 2.75) is 9.79 Å². The first kappa shape index (κ1) is 43.7. The van der Waals surface area contributed by atoms with E-state index < -0.39 is 57.8 Å². The molecule has 0 bridgehead atoms. The van der Waals surface area contributed by atoms with E-state index in [-0.39, 0.29) is 92.7 Å². The van der Waals surface area contributed by atoms with E-state index in [2.05, 4.69) is 30.7 Å². The molecule has 0 saturated heterocycles. The Balaban J connectivity index is 0.00000348. The van der Waals surface area contributed by atoms with Crippen LogP contribution in [0.3, 0.4) is 0 Å². The number of hydrogen-bond donors (Lipinski definition) is 5. The van der Waals surface area contributed by atoms with Gasteiger partial charge in [0.25, 0.3) is 25.9 Å². The number of nitrogen functional groups attached to an aromatic ring is 1. The summed E-state index contributed by atoms with van der Waals surface area (Å²) in [5, 5.41) is 54.7. The zero-order valence-electron chi connectivity index (χ0n) is 29.2. The van der Waals surface area contributed by atoms with Crippen LogP contribution in [0.1, 0.15) is 0 Å². The zero-order chi connectivity index (χ0) is 38.8. The quantitative estimate of drug-likeness (QED) is 0.0218. The van der Waals surface area contributed by atoms with Gasteiger partial charge in [0.05, 0.1) is 38.7 Å². The molecule has 18 nitrogen and oxygen atoms in total. The minimum Gasteiger partial charge on any atom is -0.508 e. The van der Waals surface area contributed by atoms with Crippen LogP contribution >= 0.6 is 0 Å². The Labute approximate surface area is 361 Å². The monoisotopic (exact) mass is 814 g/mol. The molecule has 6 aromatic carbocycles. The Hall–Kier alpha value is -5.00. The van der Waals surface area contributed by atoms with Crippen LogP contribution in [0.5, 0.6) is 11.5 Å². The zero-order valence-corrected chi connectivity index (χ0v) is 34.8. The molecule has 274 valence electrons. The molecule has 0 heterocycles. The predicted octanol–water partition coefficient (Wildman–Crippen LogP) is 8.39. The third-order valence-electron chi connectivity index (χ3n) is 7.66. The molecule has 0 aliphatic rings. The number of rotatable bonds is 10. The number of nitro benzene ring substituents is 1. The van der Waals surface area contributed by atoms with E-state index in [1.54, 1.807) is 48.5 Å². The minimum absolute atomic E-state index is 0. The van der Waals surface area contributed by atoms with Gasteiger partial charge < -0.3 is 15.9 Å². The van der Waals surface area contributed by atoms with E-state index in [0.717, 1.165) is 35.4 Å². The third kappa shape index (κ3) is 10.0. The van der Waals surface area contributed by atoms with Crippen LogP contribution in [0.4, 0.5) is 45.5 Å². The van der Waals surface area contributed by atoms with Crippen LogP contribution in [0, 0.1) is 10.1 Å².